The quantitative estimate of drug-likeness (QED) is 0.700. The van der Waals surface area contributed by atoms with Crippen LogP contribution in [0, 0.1) is 0 Å². The Morgan fingerprint density at radius 1 is 1.03 bits per heavy atom. The summed E-state index contributed by atoms with van der Waals surface area (Å²) in [5.74, 6) is -0.670. The Morgan fingerprint density at radius 2 is 1.66 bits per heavy atom. The zero-order valence-electron chi connectivity index (χ0n) is 16.2. The minimum atomic E-state index is -3.80. The lowest BCUT2D eigenvalue weighted by Gasteiger charge is -2.16. The van der Waals surface area contributed by atoms with Gasteiger partial charge in [0.05, 0.1) is 4.90 Å². The fourth-order valence-corrected chi connectivity index (χ4v) is 4.29. The zero-order chi connectivity index (χ0) is 20.9. The molecule has 7 nitrogen and oxygen atoms in total. The molecule has 3 rings (SSSR count). The second kappa shape index (κ2) is 9.19. The van der Waals surface area contributed by atoms with Crippen molar-refractivity contribution >= 4 is 21.9 Å². The molecule has 154 valence electrons. The van der Waals surface area contributed by atoms with Crippen LogP contribution in [-0.4, -0.2) is 44.3 Å². The molecule has 1 atom stereocenters. The van der Waals surface area contributed by atoms with Gasteiger partial charge in [-0.3, -0.25) is 9.59 Å². The Hall–Kier alpha value is -2.71. The minimum absolute atomic E-state index is 0.00553. The first-order valence-corrected chi connectivity index (χ1v) is 11.0. The second-order valence-electron chi connectivity index (χ2n) is 6.96. The summed E-state index contributed by atoms with van der Waals surface area (Å²) in [6.07, 6.45) is 2.07. The number of rotatable bonds is 7. The zero-order valence-corrected chi connectivity index (χ0v) is 17.0. The molecule has 1 unspecified atom stereocenters. The van der Waals surface area contributed by atoms with Gasteiger partial charge in [-0.05, 0) is 49.6 Å². The van der Waals surface area contributed by atoms with E-state index in [9.17, 15) is 18.0 Å². The van der Waals surface area contributed by atoms with Crippen LogP contribution in [0.5, 0.6) is 0 Å². The van der Waals surface area contributed by atoms with Gasteiger partial charge in [-0.25, -0.2) is 8.42 Å². The number of ether oxygens (including phenoxy) is 1. The van der Waals surface area contributed by atoms with Crippen molar-refractivity contribution in [2.75, 3.05) is 13.1 Å². The van der Waals surface area contributed by atoms with Crippen molar-refractivity contribution in [3.63, 3.8) is 0 Å². The molecule has 1 aliphatic rings. The number of nitrogens with one attached hydrogen (secondary N) is 1. The van der Waals surface area contributed by atoms with Crippen LogP contribution in [0.3, 0.4) is 0 Å². The molecule has 8 heteroatoms. The Balaban J connectivity index is 1.52. The maximum Gasteiger partial charge on any atom is 0.324 e. The third-order valence-electron chi connectivity index (χ3n) is 4.71. The normalized spacial score (nSPS) is 15.1. The molecular weight excluding hydrogens is 392 g/mol. The average Bonchev–Trinajstić information content (AvgIpc) is 3.27. The molecule has 1 N–H and O–H groups in total. The fraction of sp³-hybridized carbons (Fsp3) is 0.333. The SMILES string of the molecule is CC(NS(=O)(=O)c1ccccc1)C(=O)OCc1ccc(C(=O)N2CCCC2)cc1. The Morgan fingerprint density at radius 3 is 2.28 bits per heavy atom. The van der Waals surface area contributed by atoms with Crippen LogP contribution in [-0.2, 0) is 26.2 Å². The average molecular weight is 416 g/mol. The van der Waals surface area contributed by atoms with E-state index in [-0.39, 0.29) is 17.4 Å². The first kappa shape index (κ1) is 21.0. The number of esters is 1. The number of carbonyl (C=O) groups excluding carboxylic acids is 2. The van der Waals surface area contributed by atoms with E-state index in [1.807, 2.05) is 4.90 Å². The van der Waals surface area contributed by atoms with E-state index in [4.69, 9.17) is 4.74 Å². The van der Waals surface area contributed by atoms with Gasteiger partial charge in [-0.2, -0.15) is 4.72 Å². The van der Waals surface area contributed by atoms with E-state index in [1.165, 1.54) is 19.1 Å². The van der Waals surface area contributed by atoms with E-state index in [0.29, 0.717) is 5.56 Å². The monoisotopic (exact) mass is 416 g/mol. The number of hydrogen-bond donors (Lipinski definition) is 1. The molecule has 2 aromatic carbocycles. The van der Waals surface area contributed by atoms with Crippen LogP contribution >= 0.6 is 0 Å². The lowest BCUT2D eigenvalue weighted by Crippen LogP contribution is -2.39. The molecular formula is C21H24N2O5S. The summed E-state index contributed by atoms with van der Waals surface area (Å²) in [7, 11) is -3.80. The van der Waals surface area contributed by atoms with Crippen molar-refractivity contribution in [1.29, 1.82) is 0 Å². The summed E-state index contributed by atoms with van der Waals surface area (Å²) in [5, 5.41) is 0. The maximum absolute atomic E-state index is 12.3. The van der Waals surface area contributed by atoms with Crippen molar-refractivity contribution in [3.05, 3.63) is 65.7 Å². The summed E-state index contributed by atoms with van der Waals surface area (Å²) in [5.41, 5.74) is 1.32. The molecule has 29 heavy (non-hydrogen) atoms. The van der Waals surface area contributed by atoms with Crippen molar-refractivity contribution in [1.82, 2.24) is 9.62 Å². The smallest absolute Gasteiger partial charge is 0.324 e. The summed E-state index contributed by atoms with van der Waals surface area (Å²) in [4.78, 5) is 26.4. The number of benzene rings is 2. The third kappa shape index (κ3) is 5.42. The molecule has 1 fully saturated rings. The Labute approximate surface area is 170 Å². The van der Waals surface area contributed by atoms with Crippen LogP contribution in [0.25, 0.3) is 0 Å². The Bertz CT molecular complexity index is 952. The highest BCUT2D eigenvalue weighted by Gasteiger charge is 2.23. The van der Waals surface area contributed by atoms with Crippen molar-refractivity contribution < 1.29 is 22.7 Å². The molecule has 0 bridgehead atoms. The molecule has 1 aliphatic heterocycles. The van der Waals surface area contributed by atoms with E-state index < -0.39 is 22.0 Å². The minimum Gasteiger partial charge on any atom is -0.460 e. The molecule has 1 heterocycles. The molecule has 0 saturated carbocycles. The van der Waals surface area contributed by atoms with E-state index in [2.05, 4.69) is 4.72 Å². The number of amides is 1. The van der Waals surface area contributed by atoms with Crippen LogP contribution in [0.1, 0.15) is 35.7 Å². The highest BCUT2D eigenvalue weighted by Crippen LogP contribution is 2.14. The van der Waals surface area contributed by atoms with Gasteiger partial charge in [0.25, 0.3) is 5.91 Å². The van der Waals surface area contributed by atoms with Gasteiger partial charge in [0.15, 0.2) is 0 Å². The van der Waals surface area contributed by atoms with Gasteiger partial charge in [-0.1, -0.05) is 30.3 Å². The standard InChI is InChI=1S/C21H24N2O5S/c1-16(22-29(26,27)19-7-3-2-4-8-19)21(25)28-15-17-9-11-18(12-10-17)20(24)23-13-5-6-14-23/h2-4,7-12,16,22H,5-6,13-15H2,1H3. The second-order valence-corrected chi connectivity index (χ2v) is 8.67. The third-order valence-corrected chi connectivity index (χ3v) is 6.27. The topological polar surface area (TPSA) is 92.8 Å². The molecule has 0 aromatic heterocycles. The van der Waals surface area contributed by atoms with Gasteiger partial charge >= 0.3 is 5.97 Å². The van der Waals surface area contributed by atoms with E-state index in [0.717, 1.165) is 31.5 Å². The molecule has 0 radical (unpaired) electrons. The number of likely N-dealkylation sites (tertiary alicyclic amines) is 1. The van der Waals surface area contributed by atoms with E-state index >= 15 is 0 Å². The lowest BCUT2D eigenvalue weighted by molar-refractivity contribution is -0.146. The number of carbonyl (C=O) groups is 2. The summed E-state index contributed by atoms with van der Waals surface area (Å²) < 4.78 is 32.1. The first-order valence-electron chi connectivity index (χ1n) is 9.49. The molecule has 1 saturated heterocycles. The summed E-state index contributed by atoms with van der Waals surface area (Å²) in [6, 6.07) is 13.7. The van der Waals surface area contributed by atoms with Crippen molar-refractivity contribution in [2.24, 2.45) is 0 Å². The van der Waals surface area contributed by atoms with Crippen molar-refractivity contribution in [2.45, 2.75) is 37.3 Å². The van der Waals surface area contributed by atoms with Gasteiger partial charge in [0.1, 0.15) is 12.6 Å². The number of sulfonamides is 1. The van der Waals surface area contributed by atoms with Gasteiger partial charge < -0.3 is 9.64 Å². The van der Waals surface area contributed by atoms with Crippen LogP contribution < -0.4 is 4.72 Å². The maximum atomic E-state index is 12.3. The van der Waals surface area contributed by atoms with Crippen molar-refractivity contribution in [3.8, 4) is 0 Å². The highest BCUT2D eigenvalue weighted by atomic mass is 32.2. The number of nitrogens with zero attached hydrogens (tertiary/aromatic N) is 1. The largest absolute Gasteiger partial charge is 0.460 e. The fourth-order valence-electron chi connectivity index (χ4n) is 3.07. The predicted octanol–water partition coefficient (Wildman–Crippen LogP) is 2.33. The van der Waals surface area contributed by atoms with Gasteiger partial charge in [-0.15, -0.1) is 0 Å². The highest BCUT2D eigenvalue weighted by molar-refractivity contribution is 7.89. The van der Waals surface area contributed by atoms with Crippen LogP contribution in [0.15, 0.2) is 59.5 Å². The molecule has 2 aromatic rings. The predicted molar refractivity (Wildman–Crippen MR) is 108 cm³/mol. The Kier molecular flexibility index (Phi) is 6.66. The van der Waals surface area contributed by atoms with Gasteiger partial charge in [0, 0.05) is 18.7 Å². The summed E-state index contributed by atoms with van der Waals surface area (Å²) >= 11 is 0. The van der Waals surface area contributed by atoms with E-state index in [1.54, 1.807) is 42.5 Å². The van der Waals surface area contributed by atoms with Gasteiger partial charge in [0.2, 0.25) is 10.0 Å². The molecule has 1 amide bonds. The first-order chi connectivity index (χ1) is 13.9. The number of hydrogen-bond acceptors (Lipinski definition) is 5. The van der Waals surface area contributed by atoms with Crippen LogP contribution in [0.4, 0.5) is 0 Å². The van der Waals surface area contributed by atoms with Crippen LogP contribution in [0.2, 0.25) is 0 Å². The molecule has 0 spiro atoms. The molecule has 0 aliphatic carbocycles. The lowest BCUT2D eigenvalue weighted by atomic mass is 10.1. The summed E-state index contributed by atoms with van der Waals surface area (Å²) in [6.45, 7) is 3.00.